The van der Waals surface area contributed by atoms with Gasteiger partial charge in [-0.1, -0.05) is 30.3 Å². The van der Waals surface area contributed by atoms with E-state index in [1.165, 1.54) is 5.56 Å². The Labute approximate surface area is 141 Å². The summed E-state index contributed by atoms with van der Waals surface area (Å²) in [7, 11) is 0. The fraction of sp³-hybridized carbons (Fsp3) is 0.250. The molecule has 1 fully saturated rings. The van der Waals surface area contributed by atoms with Gasteiger partial charge in [0.05, 0.1) is 11.1 Å². The van der Waals surface area contributed by atoms with Gasteiger partial charge >= 0.3 is 0 Å². The number of nitrogens with zero attached hydrogens (tertiary/aromatic N) is 2. The Kier molecular flexibility index (Phi) is 3.82. The molecule has 1 aromatic heterocycles. The van der Waals surface area contributed by atoms with Gasteiger partial charge in [-0.15, -0.1) is 0 Å². The van der Waals surface area contributed by atoms with Crippen LogP contribution < -0.4 is 10.2 Å². The first kappa shape index (κ1) is 15.0. The van der Waals surface area contributed by atoms with E-state index in [-0.39, 0.29) is 0 Å². The van der Waals surface area contributed by atoms with Crippen LogP contribution in [0.1, 0.15) is 15.9 Å². The third-order valence-electron chi connectivity index (χ3n) is 4.68. The number of aromatic nitrogens is 1. The number of anilines is 1. The molecule has 2 aromatic carbocycles. The average Bonchev–Trinajstić information content (AvgIpc) is 2.97. The normalized spacial score (nSPS) is 15.0. The third-order valence-corrected chi connectivity index (χ3v) is 4.68. The minimum atomic E-state index is 0.786. The van der Waals surface area contributed by atoms with E-state index in [9.17, 15) is 4.79 Å². The second-order valence-electron chi connectivity index (χ2n) is 6.28. The van der Waals surface area contributed by atoms with Crippen molar-refractivity contribution in [3.05, 3.63) is 59.7 Å². The summed E-state index contributed by atoms with van der Waals surface area (Å²) in [6.07, 6.45) is 1.01. The van der Waals surface area contributed by atoms with Gasteiger partial charge in [0, 0.05) is 37.3 Å². The summed E-state index contributed by atoms with van der Waals surface area (Å²) >= 11 is 0. The number of hydrogen-bond donors (Lipinski definition) is 1. The van der Waals surface area contributed by atoms with Gasteiger partial charge in [0.25, 0.3) is 0 Å². The average molecular weight is 319 g/mol. The monoisotopic (exact) mass is 319 g/mol. The van der Waals surface area contributed by atoms with Crippen LogP contribution >= 0.6 is 0 Å². The van der Waals surface area contributed by atoms with Gasteiger partial charge in [0.1, 0.15) is 5.82 Å². The van der Waals surface area contributed by atoms with Crippen LogP contribution in [0, 0.1) is 6.92 Å². The van der Waals surface area contributed by atoms with E-state index in [0.29, 0.717) is 0 Å². The number of para-hydroxylation sites is 1. The SMILES string of the molecule is Cc1cccc(-n2c(N3CCNCC3)c(C=O)c3ccccc32)c1. The molecule has 0 amide bonds. The lowest BCUT2D eigenvalue weighted by Gasteiger charge is -2.31. The summed E-state index contributed by atoms with van der Waals surface area (Å²) in [5.41, 5.74) is 4.18. The van der Waals surface area contributed by atoms with Crippen LogP contribution in [0.5, 0.6) is 0 Å². The molecule has 1 saturated heterocycles. The molecule has 0 saturated carbocycles. The van der Waals surface area contributed by atoms with Crippen LogP contribution in [0.2, 0.25) is 0 Å². The number of piperazine rings is 1. The van der Waals surface area contributed by atoms with Crippen molar-refractivity contribution in [2.24, 2.45) is 0 Å². The third kappa shape index (κ3) is 2.39. The van der Waals surface area contributed by atoms with Crippen LogP contribution in [-0.2, 0) is 0 Å². The molecule has 0 atom stereocenters. The zero-order valence-electron chi connectivity index (χ0n) is 13.8. The van der Waals surface area contributed by atoms with E-state index in [2.05, 4.69) is 52.0 Å². The van der Waals surface area contributed by atoms with Crippen molar-refractivity contribution in [3.8, 4) is 5.69 Å². The zero-order valence-corrected chi connectivity index (χ0v) is 13.8. The van der Waals surface area contributed by atoms with E-state index in [1.807, 2.05) is 18.2 Å². The number of carbonyl (C=O) groups is 1. The summed E-state index contributed by atoms with van der Waals surface area (Å²) < 4.78 is 2.23. The molecular formula is C20H21N3O. The van der Waals surface area contributed by atoms with Crippen molar-refractivity contribution in [2.45, 2.75) is 6.92 Å². The quantitative estimate of drug-likeness (QED) is 0.754. The Hall–Kier alpha value is -2.59. The second kappa shape index (κ2) is 6.13. The largest absolute Gasteiger partial charge is 0.355 e. The van der Waals surface area contributed by atoms with E-state index in [1.54, 1.807) is 0 Å². The highest BCUT2D eigenvalue weighted by Gasteiger charge is 2.23. The Balaban J connectivity index is 2.04. The standard InChI is InChI=1S/C20H21N3O/c1-15-5-4-6-16(13-15)23-19-8-3-2-7-17(19)18(14-24)20(23)22-11-9-21-10-12-22/h2-8,13-14,21H,9-12H2,1H3. The maximum Gasteiger partial charge on any atom is 0.154 e. The lowest BCUT2D eigenvalue weighted by atomic mass is 10.2. The minimum Gasteiger partial charge on any atom is -0.355 e. The molecule has 0 unspecified atom stereocenters. The van der Waals surface area contributed by atoms with Crippen molar-refractivity contribution in [1.82, 2.24) is 9.88 Å². The number of aldehydes is 1. The maximum absolute atomic E-state index is 11.9. The molecule has 3 aromatic rings. The molecule has 4 heteroatoms. The molecule has 24 heavy (non-hydrogen) atoms. The molecule has 0 aliphatic carbocycles. The first-order valence-electron chi connectivity index (χ1n) is 8.41. The van der Waals surface area contributed by atoms with Crippen molar-refractivity contribution in [1.29, 1.82) is 0 Å². The molecule has 2 heterocycles. The maximum atomic E-state index is 11.9. The van der Waals surface area contributed by atoms with Crippen LogP contribution in [0.15, 0.2) is 48.5 Å². The lowest BCUT2D eigenvalue weighted by Crippen LogP contribution is -2.44. The van der Waals surface area contributed by atoms with Crippen LogP contribution in [0.25, 0.3) is 16.6 Å². The fourth-order valence-corrected chi connectivity index (χ4v) is 3.58. The summed E-state index contributed by atoms with van der Waals surface area (Å²) in [5.74, 6) is 1.01. The van der Waals surface area contributed by atoms with Gasteiger partial charge in [-0.2, -0.15) is 0 Å². The Morgan fingerprint density at radius 3 is 2.58 bits per heavy atom. The van der Waals surface area contributed by atoms with Gasteiger partial charge in [-0.3, -0.25) is 9.36 Å². The van der Waals surface area contributed by atoms with E-state index in [4.69, 9.17) is 0 Å². The van der Waals surface area contributed by atoms with Crippen molar-refractivity contribution in [3.63, 3.8) is 0 Å². The van der Waals surface area contributed by atoms with E-state index in [0.717, 1.165) is 60.4 Å². The topological polar surface area (TPSA) is 37.3 Å². The molecule has 0 bridgehead atoms. The number of aryl methyl sites for hydroxylation is 1. The second-order valence-corrected chi connectivity index (χ2v) is 6.28. The van der Waals surface area contributed by atoms with Gasteiger partial charge < -0.3 is 10.2 Å². The molecule has 122 valence electrons. The van der Waals surface area contributed by atoms with Crippen molar-refractivity contribution >= 4 is 23.0 Å². The Morgan fingerprint density at radius 2 is 1.83 bits per heavy atom. The number of fused-ring (bicyclic) bond motifs is 1. The smallest absolute Gasteiger partial charge is 0.154 e. The molecule has 1 N–H and O–H groups in total. The molecule has 1 aliphatic rings. The van der Waals surface area contributed by atoms with Gasteiger partial charge in [-0.05, 0) is 30.7 Å². The summed E-state index contributed by atoms with van der Waals surface area (Å²) in [6, 6.07) is 16.6. The number of carbonyl (C=O) groups excluding carboxylic acids is 1. The molecule has 0 spiro atoms. The number of hydrogen-bond acceptors (Lipinski definition) is 3. The molecular weight excluding hydrogens is 298 g/mol. The van der Waals surface area contributed by atoms with Gasteiger partial charge in [0.15, 0.2) is 6.29 Å². The van der Waals surface area contributed by atoms with Crippen LogP contribution in [-0.4, -0.2) is 37.0 Å². The minimum absolute atomic E-state index is 0.786. The van der Waals surface area contributed by atoms with E-state index < -0.39 is 0 Å². The van der Waals surface area contributed by atoms with Crippen LogP contribution in [0.3, 0.4) is 0 Å². The first-order valence-corrected chi connectivity index (χ1v) is 8.41. The highest BCUT2D eigenvalue weighted by atomic mass is 16.1. The Morgan fingerprint density at radius 1 is 1.04 bits per heavy atom. The molecule has 4 nitrogen and oxygen atoms in total. The first-order chi connectivity index (χ1) is 11.8. The predicted molar refractivity (Wildman–Crippen MR) is 98.5 cm³/mol. The lowest BCUT2D eigenvalue weighted by molar-refractivity contribution is 0.112. The molecule has 0 radical (unpaired) electrons. The predicted octanol–water partition coefficient (Wildman–Crippen LogP) is 3.16. The highest BCUT2D eigenvalue weighted by molar-refractivity contribution is 6.05. The molecule has 1 aliphatic heterocycles. The van der Waals surface area contributed by atoms with Crippen LogP contribution in [0.4, 0.5) is 5.82 Å². The zero-order chi connectivity index (χ0) is 16.5. The Bertz CT molecular complexity index is 891. The van der Waals surface area contributed by atoms with E-state index >= 15 is 0 Å². The fourth-order valence-electron chi connectivity index (χ4n) is 3.58. The summed E-state index contributed by atoms with van der Waals surface area (Å²) in [6.45, 7) is 5.79. The highest BCUT2D eigenvalue weighted by Crippen LogP contribution is 2.35. The number of rotatable bonds is 3. The molecule has 4 rings (SSSR count). The van der Waals surface area contributed by atoms with Crippen molar-refractivity contribution in [2.75, 3.05) is 31.1 Å². The summed E-state index contributed by atoms with van der Waals surface area (Å²) in [5, 5.41) is 4.40. The van der Waals surface area contributed by atoms with Gasteiger partial charge in [-0.25, -0.2) is 0 Å². The number of benzene rings is 2. The van der Waals surface area contributed by atoms with Gasteiger partial charge in [0.2, 0.25) is 0 Å². The number of nitrogens with one attached hydrogen (secondary N) is 1. The summed E-state index contributed by atoms with van der Waals surface area (Å²) in [4.78, 5) is 14.3. The van der Waals surface area contributed by atoms with Crippen molar-refractivity contribution < 1.29 is 4.79 Å².